The van der Waals surface area contributed by atoms with Gasteiger partial charge in [-0.05, 0) is 55.2 Å². The highest BCUT2D eigenvalue weighted by atomic mass is 16.2. The average molecular weight is 358 g/mol. The maximum Gasteiger partial charge on any atom is 0.274 e. The zero-order chi connectivity index (χ0) is 18.8. The van der Waals surface area contributed by atoms with Crippen LogP contribution in [0.15, 0.2) is 54.6 Å². The number of rotatable bonds is 3. The van der Waals surface area contributed by atoms with Crippen LogP contribution < -0.4 is 5.32 Å². The van der Waals surface area contributed by atoms with Crippen molar-refractivity contribution >= 4 is 17.4 Å². The van der Waals surface area contributed by atoms with Gasteiger partial charge in [0.1, 0.15) is 0 Å². The summed E-state index contributed by atoms with van der Waals surface area (Å²) >= 11 is 0. The lowest BCUT2D eigenvalue weighted by Gasteiger charge is -2.28. The average Bonchev–Trinajstić information content (AvgIpc) is 2.70. The summed E-state index contributed by atoms with van der Waals surface area (Å²) in [5.41, 5.74) is 6.25. The molecule has 0 aliphatic carbocycles. The first kappa shape index (κ1) is 17.2. The van der Waals surface area contributed by atoms with E-state index in [1.807, 2.05) is 23.1 Å². The molecule has 5 nitrogen and oxygen atoms in total. The lowest BCUT2D eigenvalue weighted by Crippen LogP contribution is -2.36. The molecule has 136 valence electrons. The van der Waals surface area contributed by atoms with Crippen molar-refractivity contribution in [1.29, 1.82) is 0 Å². The fourth-order valence-corrected chi connectivity index (χ4v) is 3.44. The first-order chi connectivity index (χ1) is 13.1. The minimum absolute atomic E-state index is 0.0740. The summed E-state index contributed by atoms with van der Waals surface area (Å²) in [4.78, 5) is 14.6. The molecule has 2 aromatic carbocycles. The van der Waals surface area contributed by atoms with E-state index in [4.69, 9.17) is 0 Å². The number of aryl methyl sites for hydroxylation is 2. The Morgan fingerprint density at radius 2 is 1.81 bits per heavy atom. The van der Waals surface area contributed by atoms with E-state index >= 15 is 0 Å². The van der Waals surface area contributed by atoms with Gasteiger partial charge in [0.2, 0.25) is 0 Å². The summed E-state index contributed by atoms with van der Waals surface area (Å²) in [7, 11) is 0. The van der Waals surface area contributed by atoms with Crippen LogP contribution in [0.5, 0.6) is 0 Å². The number of aromatic nitrogens is 2. The quantitative estimate of drug-likeness (QED) is 0.768. The molecule has 27 heavy (non-hydrogen) atoms. The fourth-order valence-electron chi connectivity index (χ4n) is 3.44. The van der Waals surface area contributed by atoms with Gasteiger partial charge in [-0.2, -0.15) is 0 Å². The second-order valence-electron chi connectivity index (χ2n) is 6.99. The molecule has 1 N–H and O–H groups in total. The lowest BCUT2D eigenvalue weighted by molar-refractivity contribution is 0.0727. The Labute approximate surface area is 159 Å². The van der Waals surface area contributed by atoms with E-state index in [2.05, 4.69) is 53.6 Å². The Bertz CT molecular complexity index is 982. The molecule has 1 amide bonds. The predicted octanol–water partition coefficient (Wildman–Crippen LogP) is 4.04. The molecule has 0 saturated heterocycles. The van der Waals surface area contributed by atoms with Gasteiger partial charge in [-0.25, -0.2) is 0 Å². The number of fused-ring (bicyclic) bond motifs is 1. The molecule has 0 spiro atoms. The van der Waals surface area contributed by atoms with E-state index in [9.17, 15) is 4.79 Å². The van der Waals surface area contributed by atoms with E-state index in [-0.39, 0.29) is 5.91 Å². The maximum atomic E-state index is 12.8. The van der Waals surface area contributed by atoms with E-state index in [1.54, 1.807) is 12.1 Å². The van der Waals surface area contributed by atoms with Crippen LogP contribution in [0.1, 0.15) is 32.7 Å². The molecule has 0 bridgehead atoms. The van der Waals surface area contributed by atoms with Crippen molar-refractivity contribution in [2.45, 2.75) is 26.8 Å². The molecule has 5 heteroatoms. The van der Waals surface area contributed by atoms with Gasteiger partial charge in [-0.1, -0.05) is 42.0 Å². The second-order valence-corrected chi connectivity index (χ2v) is 6.99. The largest absolute Gasteiger partial charge is 0.339 e. The van der Waals surface area contributed by atoms with Crippen LogP contribution in [0.3, 0.4) is 0 Å². The Balaban J connectivity index is 1.47. The summed E-state index contributed by atoms with van der Waals surface area (Å²) < 4.78 is 0. The molecule has 1 aromatic heterocycles. The summed E-state index contributed by atoms with van der Waals surface area (Å²) in [6.07, 6.45) is 0.877. The van der Waals surface area contributed by atoms with Gasteiger partial charge < -0.3 is 10.2 Å². The molecule has 0 unspecified atom stereocenters. The SMILES string of the molecule is Cc1ccc(Nc2ccc(C(=O)N3CCc4ccccc4C3)nn2)c(C)c1. The van der Waals surface area contributed by atoms with Gasteiger partial charge in [0, 0.05) is 18.8 Å². The van der Waals surface area contributed by atoms with Gasteiger partial charge in [-0.3, -0.25) is 4.79 Å². The standard InChI is InChI=1S/C22H22N4O/c1-15-7-8-19(16(2)13-15)23-21-10-9-20(24-25-21)22(27)26-12-11-17-5-3-4-6-18(17)14-26/h3-10,13H,11-12,14H2,1-2H3,(H,23,25). The van der Waals surface area contributed by atoms with Gasteiger partial charge in [0.25, 0.3) is 5.91 Å². The summed E-state index contributed by atoms with van der Waals surface area (Å²) in [6.45, 7) is 5.45. The number of hydrogen-bond acceptors (Lipinski definition) is 4. The predicted molar refractivity (Wildman–Crippen MR) is 106 cm³/mol. The van der Waals surface area contributed by atoms with Gasteiger partial charge in [0.05, 0.1) is 0 Å². The molecular formula is C22H22N4O. The third-order valence-corrected chi connectivity index (χ3v) is 4.95. The highest BCUT2D eigenvalue weighted by Gasteiger charge is 2.22. The molecular weight excluding hydrogens is 336 g/mol. The first-order valence-electron chi connectivity index (χ1n) is 9.14. The van der Waals surface area contributed by atoms with Crippen molar-refractivity contribution in [3.05, 3.63) is 82.5 Å². The third kappa shape index (κ3) is 3.67. The maximum absolute atomic E-state index is 12.8. The van der Waals surface area contributed by atoms with Gasteiger partial charge in [-0.15, -0.1) is 10.2 Å². The first-order valence-corrected chi connectivity index (χ1v) is 9.14. The van der Waals surface area contributed by atoms with Crippen molar-refractivity contribution in [3.8, 4) is 0 Å². The lowest BCUT2D eigenvalue weighted by atomic mass is 10.00. The topological polar surface area (TPSA) is 58.1 Å². The molecule has 1 aliphatic heterocycles. The number of carbonyl (C=O) groups excluding carboxylic acids is 1. The number of hydrogen-bond donors (Lipinski definition) is 1. The highest BCUT2D eigenvalue weighted by Crippen LogP contribution is 2.22. The third-order valence-electron chi connectivity index (χ3n) is 4.95. The molecule has 4 rings (SSSR count). The smallest absolute Gasteiger partial charge is 0.274 e. The van der Waals surface area contributed by atoms with E-state index in [1.165, 1.54) is 16.7 Å². The minimum atomic E-state index is -0.0740. The number of anilines is 2. The number of nitrogens with one attached hydrogen (secondary N) is 1. The Morgan fingerprint density at radius 3 is 2.56 bits per heavy atom. The summed E-state index contributed by atoms with van der Waals surface area (Å²) in [5, 5.41) is 11.6. The monoisotopic (exact) mass is 358 g/mol. The Hall–Kier alpha value is -3.21. The minimum Gasteiger partial charge on any atom is -0.339 e. The van der Waals surface area contributed by atoms with Crippen LogP contribution in [0.4, 0.5) is 11.5 Å². The molecule has 3 aromatic rings. The van der Waals surface area contributed by atoms with Crippen LogP contribution in [0.25, 0.3) is 0 Å². The molecule has 0 radical (unpaired) electrons. The van der Waals surface area contributed by atoms with Crippen molar-refractivity contribution in [3.63, 3.8) is 0 Å². The van der Waals surface area contributed by atoms with E-state index < -0.39 is 0 Å². The second kappa shape index (κ2) is 7.19. The Kier molecular flexibility index (Phi) is 4.59. The van der Waals surface area contributed by atoms with Crippen molar-refractivity contribution < 1.29 is 4.79 Å². The van der Waals surface area contributed by atoms with E-state index in [0.29, 0.717) is 24.6 Å². The number of benzene rings is 2. The number of amides is 1. The van der Waals surface area contributed by atoms with Crippen molar-refractivity contribution in [2.75, 3.05) is 11.9 Å². The van der Waals surface area contributed by atoms with Crippen LogP contribution in [-0.4, -0.2) is 27.5 Å². The van der Waals surface area contributed by atoms with Crippen LogP contribution in [0.2, 0.25) is 0 Å². The van der Waals surface area contributed by atoms with Crippen LogP contribution >= 0.6 is 0 Å². The molecule has 2 heterocycles. The number of nitrogens with zero attached hydrogens (tertiary/aromatic N) is 3. The Morgan fingerprint density at radius 1 is 1.00 bits per heavy atom. The fraction of sp³-hybridized carbons (Fsp3) is 0.227. The number of carbonyl (C=O) groups is 1. The van der Waals surface area contributed by atoms with Crippen molar-refractivity contribution in [2.24, 2.45) is 0 Å². The van der Waals surface area contributed by atoms with Gasteiger partial charge in [0.15, 0.2) is 11.5 Å². The van der Waals surface area contributed by atoms with Crippen LogP contribution in [0, 0.1) is 13.8 Å². The summed E-state index contributed by atoms with van der Waals surface area (Å²) in [6, 6.07) is 18.0. The highest BCUT2D eigenvalue weighted by molar-refractivity contribution is 5.92. The molecule has 0 atom stereocenters. The van der Waals surface area contributed by atoms with Crippen molar-refractivity contribution in [1.82, 2.24) is 15.1 Å². The zero-order valence-electron chi connectivity index (χ0n) is 15.6. The van der Waals surface area contributed by atoms with E-state index in [0.717, 1.165) is 17.7 Å². The van der Waals surface area contributed by atoms with Gasteiger partial charge >= 0.3 is 0 Å². The summed E-state index contributed by atoms with van der Waals surface area (Å²) in [5.74, 6) is 0.553. The normalized spacial score (nSPS) is 13.2. The molecule has 1 aliphatic rings. The molecule has 0 fully saturated rings. The van der Waals surface area contributed by atoms with Crippen LogP contribution in [-0.2, 0) is 13.0 Å². The zero-order valence-corrected chi connectivity index (χ0v) is 15.6. The molecule has 0 saturated carbocycles.